The Balaban J connectivity index is 1.75. The van der Waals surface area contributed by atoms with E-state index in [0.29, 0.717) is 24.6 Å². The Bertz CT molecular complexity index is 699. The van der Waals surface area contributed by atoms with Crippen LogP contribution in [0.15, 0.2) is 24.4 Å². The summed E-state index contributed by atoms with van der Waals surface area (Å²) in [5, 5.41) is 14.0. The number of benzene rings is 1. The van der Waals surface area contributed by atoms with Gasteiger partial charge in [-0.15, -0.1) is 0 Å². The minimum Gasteiger partial charge on any atom is -0.490 e. The lowest BCUT2D eigenvalue weighted by atomic mass is 9.93. The lowest BCUT2D eigenvalue weighted by Gasteiger charge is -2.26. The van der Waals surface area contributed by atoms with E-state index < -0.39 is 0 Å². The third-order valence-corrected chi connectivity index (χ3v) is 4.97. The standard InChI is InChI=1S/C19H28N4O2/c1-13(23(2)3)12-25-17-6-4-5-14-11-20-19(22-18(14)17)21-15-7-9-16(24)10-8-15/h4-6,11,13,15-16,24H,7-10,12H2,1-3H3,(H,20,21,22). The van der Waals surface area contributed by atoms with Gasteiger partial charge in [0.25, 0.3) is 0 Å². The number of aliphatic hydroxyl groups excluding tert-OH is 1. The van der Waals surface area contributed by atoms with E-state index in [1.54, 1.807) is 0 Å². The molecular weight excluding hydrogens is 316 g/mol. The first-order valence-electron chi connectivity index (χ1n) is 9.02. The lowest BCUT2D eigenvalue weighted by Crippen LogP contribution is -2.30. The molecule has 1 aliphatic rings. The zero-order valence-corrected chi connectivity index (χ0v) is 15.3. The molecule has 2 aromatic rings. The SMILES string of the molecule is CC(COc1cccc2cnc(NC3CCC(O)CC3)nc12)N(C)C. The second-order valence-corrected chi connectivity index (χ2v) is 7.16. The van der Waals surface area contributed by atoms with E-state index in [0.717, 1.165) is 42.3 Å². The molecule has 0 bridgehead atoms. The zero-order valence-electron chi connectivity index (χ0n) is 15.3. The first-order chi connectivity index (χ1) is 12.0. The molecule has 0 spiro atoms. The molecule has 0 amide bonds. The van der Waals surface area contributed by atoms with E-state index in [1.807, 2.05) is 38.5 Å². The van der Waals surface area contributed by atoms with Crippen LogP contribution in [0.5, 0.6) is 5.75 Å². The van der Waals surface area contributed by atoms with Gasteiger partial charge in [0.15, 0.2) is 0 Å². The summed E-state index contributed by atoms with van der Waals surface area (Å²) in [7, 11) is 4.09. The summed E-state index contributed by atoms with van der Waals surface area (Å²) in [6.45, 7) is 2.74. The number of nitrogens with one attached hydrogen (secondary N) is 1. The molecule has 2 N–H and O–H groups in total. The minimum absolute atomic E-state index is 0.158. The van der Waals surface area contributed by atoms with Gasteiger partial charge < -0.3 is 20.1 Å². The summed E-state index contributed by atoms with van der Waals surface area (Å²) in [5.41, 5.74) is 0.835. The Morgan fingerprint density at radius 2 is 2.04 bits per heavy atom. The molecular formula is C19H28N4O2. The van der Waals surface area contributed by atoms with E-state index in [4.69, 9.17) is 4.74 Å². The summed E-state index contributed by atoms with van der Waals surface area (Å²) in [6.07, 6.45) is 5.24. The van der Waals surface area contributed by atoms with Crippen LogP contribution in [0.25, 0.3) is 10.9 Å². The van der Waals surface area contributed by atoms with Crippen molar-refractivity contribution in [3.63, 3.8) is 0 Å². The fourth-order valence-electron chi connectivity index (χ4n) is 2.98. The Morgan fingerprint density at radius 3 is 2.76 bits per heavy atom. The third kappa shape index (κ3) is 4.58. The number of aliphatic hydroxyl groups is 1. The fourth-order valence-corrected chi connectivity index (χ4v) is 2.98. The Hall–Kier alpha value is -1.92. The normalized spacial score (nSPS) is 22.1. The van der Waals surface area contributed by atoms with Gasteiger partial charge in [-0.3, -0.25) is 0 Å². The van der Waals surface area contributed by atoms with Gasteiger partial charge in [-0.05, 0) is 52.8 Å². The van der Waals surface area contributed by atoms with E-state index in [9.17, 15) is 5.11 Å². The van der Waals surface area contributed by atoms with Crippen molar-refractivity contribution in [2.24, 2.45) is 0 Å². The second-order valence-electron chi connectivity index (χ2n) is 7.16. The van der Waals surface area contributed by atoms with Crippen LogP contribution in [0.1, 0.15) is 32.6 Å². The smallest absolute Gasteiger partial charge is 0.223 e. The van der Waals surface area contributed by atoms with E-state index in [1.165, 1.54) is 0 Å². The van der Waals surface area contributed by atoms with Gasteiger partial charge in [0.1, 0.15) is 17.9 Å². The van der Waals surface area contributed by atoms with Gasteiger partial charge in [0.2, 0.25) is 5.95 Å². The quantitative estimate of drug-likeness (QED) is 0.839. The number of ether oxygens (including phenoxy) is 1. The number of likely N-dealkylation sites (N-methyl/N-ethyl adjacent to an activating group) is 1. The first-order valence-corrected chi connectivity index (χ1v) is 9.02. The molecule has 1 atom stereocenters. The van der Waals surface area contributed by atoms with Crippen molar-refractivity contribution in [3.05, 3.63) is 24.4 Å². The molecule has 1 fully saturated rings. The predicted octanol–water partition coefficient (Wildman–Crippen LogP) is 2.67. The van der Waals surface area contributed by atoms with Gasteiger partial charge in [0, 0.05) is 23.7 Å². The van der Waals surface area contributed by atoms with Crippen molar-refractivity contribution in [2.45, 2.75) is 50.8 Å². The van der Waals surface area contributed by atoms with E-state index >= 15 is 0 Å². The van der Waals surface area contributed by atoms with Crippen LogP contribution in [0.2, 0.25) is 0 Å². The number of hydrogen-bond acceptors (Lipinski definition) is 6. The average molecular weight is 344 g/mol. The Kier molecular flexibility index (Phi) is 5.71. The van der Waals surface area contributed by atoms with Crippen LogP contribution in [0.4, 0.5) is 5.95 Å². The number of aromatic nitrogens is 2. The number of anilines is 1. The van der Waals surface area contributed by atoms with Crippen LogP contribution in [-0.2, 0) is 0 Å². The summed E-state index contributed by atoms with van der Waals surface area (Å²) in [6, 6.07) is 6.57. The largest absolute Gasteiger partial charge is 0.490 e. The van der Waals surface area contributed by atoms with Crippen LogP contribution in [-0.4, -0.2) is 58.9 Å². The van der Waals surface area contributed by atoms with Gasteiger partial charge in [-0.1, -0.05) is 12.1 Å². The zero-order chi connectivity index (χ0) is 17.8. The van der Waals surface area contributed by atoms with Gasteiger partial charge >= 0.3 is 0 Å². The molecule has 6 heteroatoms. The molecule has 0 aliphatic heterocycles. The van der Waals surface area contributed by atoms with E-state index in [-0.39, 0.29) is 6.10 Å². The second kappa shape index (κ2) is 7.97. The highest BCUT2D eigenvalue weighted by Crippen LogP contribution is 2.26. The molecule has 3 rings (SSSR count). The lowest BCUT2D eigenvalue weighted by molar-refractivity contribution is 0.126. The molecule has 0 radical (unpaired) electrons. The van der Waals surface area contributed by atoms with Crippen LogP contribution < -0.4 is 10.1 Å². The Labute approximate surface area is 149 Å². The minimum atomic E-state index is -0.158. The number of rotatable bonds is 6. The van der Waals surface area contributed by atoms with Crippen molar-refractivity contribution in [1.29, 1.82) is 0 Å². The molecule has 6 nitrogen and oxygen atoms in total. The number of fused-ring (bicyclic) bond motifs is 1. The molecule has 1 aromatic carbocycles. The van der Waals surface area contributed by atoms with Gasteiger partial charge in [-0.25, -0.2) is 9.97 Å². The average Bonchev–Trinajstić information content (AvgIpc) is 2.61. The summed E-state index contributed by atoms with van der Waals surface area (Å²) >= 11 is 0. The maximum atomic E-state index is 9.63. The van der Waals surface area contributed by atoms with Crippen LogP contribution >= 0.6 is 0 Å². The third-order valence-electron chi connectivity index (χ3n) is 4.97. The molecule has 1 heterocycles. The summed E-state index contributed by atoms with van der Waals surface area (Å²) < 4.78 is 6.01. The highest BCUT2D eigenvalue weighted by Gasteiger charge is 2.20. The van der Waals surface area contributed by atoms with Crippen molar-refractivity contribution in [2.75, 3.05) is 26.0 Å². The highest BCUT2D eigenvalue weighted by atomic mass is 16.5. The number of hydrogen-bond donors (Lipinski definition) is 2. The number of para-hydroxylation sites is 1. The van der Waals surface area contributed by atoms with Crippen LogP contribution in [0, 0.1) is 0 Å². The van der Waals surface area contributed by atoms with Gasteiger partial charge in [0.05, 0.1) is 6.10 Å². The first kappa shape index (κ1) is 17.9. The molecule has 0 saturated heterocycles. The molecule has 1 aliphatic carbocycles. The van der Waals surface area contributed by atoms with Crippen molar-refractivity contribution >= 4 is 16.9 Å². The topological polar surface area (TPSA) is 70.5 Å². The van der Waals surface area contributed by atoms with E-state index in [2.05, 4.69) is 27.1 Å². The summed E-state index contributed by atoms with van der Waals surface area (Å²) in [4.78, 5) is 11.3. The monoisotopic (exact) mass is 344 g/mol. The predicted molar refractivity (Wildman–Crippen MR) is 100 cm³/mol. The fraction of sp³-hybridized carbons (Fsp3) is 0.579. The highest BCUT2D eigenvalue weighted by molar-refractivity contribution is 5.84. The van der Waals surface area contributed by atoms with Gasteiger partial charge in [-0.2, -0.15) is 0 Å². The molecule has 136 valence electrons. The number of nitrogens with zero attached hydrogens (tertiary/aromatic N) is 3. The summed E-state index contributed by atoms with van der Waals surface area (Å²) in [5.74, 6) is 1.42. The maximum absolute atomic E-state index is 9.63. The Morgan fingerprint density at radius 1 is 1.28 bits per heavy atom. The van der Waals surface area contributed by atoms with Crippen molar-refractivity contribution in [1.82, 2.24) is 14.9 Å². The molecule has 1 saturated carbocycles. The molecule has 1 aromatic heterocycles. The van der Waals surface area contributed by atoms with Crippen molar-refractivity contribution in [3.8, 4) is 5.75 Å². The molecule has 1 unspecified atom stereocenters. The van der Waals surface area contributed by atoms with Crippen LogP contribution in [0.3, 0.4) is 0 Å². The molecule has 25 heavy (non-hydrogen) atoms. The van der Waals surface area contributed by atoms with Crippen molar-refractivity contribution < 1.29 is 9.84 Å². The maximum Gasteiger partial charge on any atom is 0.223 e.